The van der Waals surface area contributed by atoms with Crippen molar-refractivity contribution >= 4 is 0 Å². The molecule has 1 aromatic carbocycles. The lowest BCUT2D eigenvalue weighted by molar-refractivity contribution is 0.295. The Labute approximate surface area is 188 Å². The number of rotatable bonds is 18. The highest BCUT2D eigenvalue weighted by Crippen LogP contribution is 2.35. The smallest absolute Gasteiger partial charge is 0.00231 e. The fourth-order valence-corrected chi connectivity index (χ4v) is 5.15. The van der Waals surface area contributed by atoms with Gasteiger partial charge in [-0.2, -0.15) is 0 Å². The molecule has 1 aliphatic rings. The van der Waals surface area contributed by atoms with Crippen LogP contribution >= 0.6 is 0 Å². The Balaban J connectivity index is 1.56. The molecule has 1 aromatic rings. The third kappa shape index (κ3) is 11.5. The van der Waals surface area contributed by atoms with Gasteiger partial charge >= 0.3 is 0 Å². The average Bonchev–Trinajstić information content (AvgIpc) is 3.56. The van der Waals surface area contributed by atoms with Crippen molar-refractivity contribution in [2.75, 3.05) is 13.1 Å². The second kappa shape index (κ2) is 15.1. The summed E-state index contributed by atoms with van der Waals surface area (Å²) < 4.78 is 0. The van der Waals surface area contributed by atoms with E-state index >= 15 is 0 Å². The van der Waals surface area contributed by atoms with Gasteiger partial charge < -0.3 is 5.32 Å². The van der Waals surface area contributed by atoms with Crippen LogP contribution in [-0.2, 0) is 6.42 Å². The van der Waals surface area contributed by atoms with E-state index in [0.29, 0.717) is 0 Å². The highest BCUT2D eigenvalue weighted by Gasteiger charge is 2.22. The fraction of sp³-hybridized carbons (Fsp3) is 0.793. The quantitative estimate of drug-likeness (QED) is 0.239. The maximum absolute atomic E-state index is 3.75. The van der Waals surface area contributed by atoms with Gasteiger partial charge in [0.25, 0.3) is 0 Å². The van der Waals surface area contributed by atoms with Crippen molar-refractivity contribution in [2.24, 2.45) is 29.6 Å². The van der Waals surface area contributed by atoms with Crippen LogP contribution in [0.3, 0.4) is 0 Å². The summed E-state index contributed by atoms with van der Waals surface area (Å²) in [4.78, 5) is 0. The summed E-state index contributed by atoms with van der Waals surface area (Å²) in [7, 11) is 0. The third-order valence-electron chi connectivity index (χ3n) is 7.37. The predicted octanol–water partition coefficient (Wildman–Crippen LogP) is 8.28. The van der Waals surface area contributed by atoms with Crippen LogP contribution in [0.4, 0.5) is 0 Å². The molecule has 1 fully saturated rings. The van der Waals surface area contributed by atoms with E-state index in [0.717, 1.165) is 29.6 Å². The lowest BCUT2D eigenvalue weighted by Gasteiger charge is -2.24. The lowest BCUT2D eigenvalue weighted by Crippen LogP contribution is -2.24. The fourth-order valence-electron chi connectivity index (χ4n) is 5.15. The van der Waals surface area contributed by atoms with Gasteiger partial charge in [-0.25, -0.2) is 0 Å². The summed E-state index contributed by atoms with van der Waals surface area (Å²) in [5, 5.41) is 3.75. The van der Waals surface area contributed by atoms with Crippen LogP contribution in [-0.4, -0.2) is 13.1 Å². The maximum atomic E-state index is 3.75. The maximum Gasteiger partial charge on any atom is -0.00231 e. The van der Waals surface area contributed by atoms with E-state index in [4.69, 9.17) is 0 Å². The summed E-state index contributed by atoms with van der Waals surface area (Å²) in [5.74, 6) is 4.51. The van der Waals surface area contributed by atoms with Crippen molar-refractivity contribution in [1.29, 1.82) is 0 Å². The lowest BCUT2D eigenvalue weighted by atomic mass is 9.82. The summed E-state index contributed by atoms with van der Waals surface area (Å²) in [5.41, 5.74) is 1.51. The molecule has 30 heavy (non-hydrogen) atoms. The normalized spacial score (nSPS) is 18.1. The van der Waals surface area contributed by atoms with E-state index in [-0.39, 0.29) is 0 Å². The van der Waals surface area contributed by atoms with Gasteiger partial charge in [-0.1, -0.05) is 116 Å². The number of nitrogens with one attached hydrogen (secondary N) is 1. The molecule has 0 aromatic heterocycles. The van der Waals surface area contributed by atoms with Crippen LogP contribution in [0.15, 0.2) is 30.3 Å². The average molecular weight is 414 g/mol. The molecule has 0 aliphatic heterocycles. The molecule has 0 radical (unpaired) electrons. The van der Waals surface area contributed by atoms with E-state index in [9.17, 15) is 0 Å². The van der Waals surface area contributed by atoms with Crippen molar-refractivity contribution in [3.05, 3.63) is 35.9 Å². The van der Waals surface area contributed by atoms with E-state index < -0.39 is 0 Å². The zero-order valence-corrected chi connectivity index (χ0v) is 20.7. The van der Waals surface area contributed by atoms with Crippen LogP contribution in [0.25, 0.3) is 0 Å². The first-order valence-corrected chi connectivity index (χ1v) is 13.3. The number of hydrogen-bond donors (Lipinski definition) is 1. The molecule has 0 spiro atoms. The van der Waals surface area contributed by atoms with E-state index in [1.54, 1.807) is 0 Å². The summed E-state index contributed by atoms with van der Waals surface area (Å²) in [6.45, 7) is 12.1. The number of benzene rings is 1. The van der Waals surface area contributed by atoms with Gasteiger partial charge in [0.1, 0.15) is 0 Å². The minimum Gasteiger partial charge on any atom is -0.316 e. The van der Waals surface area contributed by atoms with Gasteiger partial charge in [0, 0.05) is 0 Å². The van der Waals surface area contributed by atoms with Crippen molar-refractivity contribution in [3.8, 4) is 0 Å². The van der Waals surface area contributed by atoms with Gasteiger partial charge in [-0.3, -0.25) is 0 Å². The molecule has 1 N–H and O–H groups in total. The molecule has 4 atom stereocenters. The molecular formula is C29H51N. The molecule has 0 saturated heterocycles. The Morgan fingerprint density at radius 2 is 1.63 bits per heavy atom. The van der Waals surface area contributed by atoms with Gasteiger partial charge in [-0.15, -0.1) is 0 Å². The molecule has 1 saturated carbocycles. The Morgan fingerprint density at radius 1 is 0.900 bits per heavy atom. The molecule has 2 rings (SSSR count). The second-order valence-corrected chi connectivity index (χ2v) is 10.7. The first kappa shape index (κ1) is 25.4. The van der Waals surface area contributed by atoms with E-state index in [2.05, 4.69) is 63.3 Å². The van der Waals surface area contributed by atoms with Crippen LogP contribution < -0.4 is 5.32 Å². The van der Waals surface area contributed by atoms with Crippen molar-refractivity contribution in [3.63, 3.8) is 0 Å². The molecule has 4 unspecified atom stereocenters. The minimum atomic E-state index is 0.795. The molecule has 0 heterocycles. The van der Waals surface area contributed by atoms with Gasteiger partial charge in [0.05, 0.1) is 0 Å². The SMILES string of the molecule is CCCCC(CCCCNCC(C)CC(C)CCC1CC1)C(C)Cc1ccccc1. The van der Waals surface area contributed by atoms with E-state index in [1.807, 2.05) is 0 Å². The molecular weight excluding hydrogens is 362 g/mol. The minimum absolute atomic E-state index is 0.795. The van der Waals surface area contributed by atoms with Crippen molar-refractivity contribution in [2.45, 2.75) is 105 Å². The highest BCUT2D eigenvalue weighted by molar-refractivity contribution is 5.15. The summed E-state index contributed by atoms with van der Waals surface area (Å²) in [6.07, 6.45) is 16.8. The third-order valence-corrected chi connectivity index (χ3v) is 7.37. The molecule has 0 amide bonds. The van der Waals surface area contributed by atoms with Gasteiger partial charge in [0.2, 0.25) is 0 Å². The number of hydrogen-bond acceptors (Lipinski definition) is 1. The Bertz CT molecular complexity index is 520. The van der Waals surface area contributed by atoms with Crippen LogP contribution in [0, 0.1) is 29.6 Å². The monoisotopic (exact) mass is 413 g/mol. The Kier molecular flexibility index (Phi) is 12.8. The second-order valence-electron chi connectivity index (χ2n) is 10.7. The summed E-state index contributed by atoms with van der Waals surface area (Å²) >= 11 is 0. The van der Waals surface area contributed by atoms with Crippen LogP contribution in [0.1, 0.15) is 104 Å². The molecule has 0 bridgehead atoms. The molecule has 1 aliphatic carbocycles. The van der Waals surface area contributed by atoms with Crippen LogP contribution in [0.5, 0.6) is 0 Å². The highest BCUT2D eigenvalue weighted by atomic mass is 14.8. The first-order valence-electron chi connectivity index (χ1n) is 13.3. The Hall–Kier alpha value is -0.820. The molecule has 1 nitrogen and oxygen atoms in total. The van der Waals surface area contributed by atoms with Crippen molar-refractivity contribution in [1.82, 2.24) is 5.32 Å². The topological polar surface area (TPSA) is 12.0 Å². The van der Waals surface area contributed by atoms with Crippen molar-refractivity contribution < 1.29 is 0 Å². The molecule has 172 valence electrons. The summed E-state index contributed by atoms with van der Waals surface area (Å²) in [6, 6.07) is 11.1. The van der Waals surface area contributed by atoms with Gasteiger partial charge in [-0.05, 0) is 67.5 Å². The zero-order valence-electron chi connectivity index (χ0n) is 20.7. The van der Waals surface area contributed by atoms with Gasteiger partial charge in [0.15, 0.2) is 0 Å². The number of unbranched alkanes of at least 4 members (excludes halogenated alkanes) is 2. The molecule has 1 heteroatoms. The largest absolute Gasteiger partial charge is 0.316 e. The standard InChI is InChI=1S/C29H51N/c1-5-6-14-29(26(4)22-28-12-8-7-9-13-28)15-10-11-20-30-23-25(3)21-24(2)16-17-27-18-19-27/h7-9,12-13,24-27,29-30H,5-6,10-11,14-23H2,1-4H3. The van der Waals surface area contributed by atoms with E-state index in [1.165, 1.54) is 95.7 Å². The van der Waals surface area contributed by atoms with Crippen LogP contribution in [0.2, 0.25) is 0 Å². The Morgan fingerprint density at radius 3 is 2.33 bits per heavy atom. The predicted molar refractivity (Wildman–Crippen MR) is 134 cm³/mol. The zero-order chi connectivity index (χ0) is 21.6. The first-order chi connectivity index (χ1) is 14.6.